The van der Waals surface area contributed by atoms with Crippen molar-refractivity contribution < 1.29 is 9.59 Å². The minimum absolute atomic E-state index is 0.0696. The number of nitrogens with zero attached hydrogens (tertiary/aromatic N) is 3. The number of carbonyl (C=O) groups excluding carboxylic acids is 2. The molecule has 0 unspecified atom stereocenters. The molecule has 6 nitrogen and oxygen atoms in total. The number of aryl methyl sites for hydroxylation is 1. The fourth-order valence-corrected chi connectivity index (χ4v) is 3.88. The number of unbranched alkanes of at least 4 members (excludes halogenated alkanes) is 5. The second-order valence-corrected chi connectivity index (χ2v) is 10.2. The topological polar surface area (TPSA) is 67.2 Å². The van der Waals surface area contributed by atoms with Gasteiger partial charge in [-0.05, 0) is 31.4 Å². The number of amides is 2. The molecule has 2 aromatic rings. The van der Waals surface area contributed by atoms with Crippen LogP contribution in [0.3, 0.4) is 0 Å². The Kier molecular flexibility index (Phi) is 10.8. The van der Waals surface area contributed by atoms with Gasteiger partial charge in [0.15, 0.2) is 0 Å². The highest BCUT2D eigenvalue weighted by Crippen LogP contribution is 2.27. The molecule has 0 atom stereocenters. The molecule has 188 valence electrons. The van der Waals surface area contributed by atoms with Crippen molar-refractivity contribution in [1.82, 2.24) is 14.7 Å². The third kappa shape index (κ3) is 8.30. The van der Waals surface area contributed by atoms with Crippen LogP contribution in [-0.2, 0) is 15.0 Å². The third-order valence-electron chi connectivity index (χ3n) is 6.05. The van der Waals surface area contributed by atoms with Gasteiger partial charge in [-0.3, -0.25) is 9.59 Å². The summed E-state index contributed by atoms with van der Waals surface area (Å²) in [6, 6.07) is 9.94. The lowest BCUT2D eigenvalue weighted by Crippen LogP contribution is -2.38. The summed E-state index contributed by atoms with van der Waals surface area (Å²) < 4.78 is 1.81. The maximum absolute atomic E-state index is 13.1. The summed E-state index contributed by atoms with van der Waals surface area (Å²) in [6.45, 7) is 13.4. The normalized spacial score (nSPS) is 11.5. The van der Waals surface area contributed by atoms with Crippen LogP contribution >= 0.6 is 0 Å². The maximum Gasteiger partial charge on any atom is 0.245 e. The molecule has 0 aliphatic rings. The Labute approximate surface area is 206 Å². The van der Waals surface area contributed by atoms with Crippen LogP contribution in [0.5, 0.6) is 0 Å². The number of anilines is 1. The Hall–Kier alpha value is -2.63. The summed E-state index contributed by atoms with van der Waals surface area (Å²) in [5.74, 6) is 0.520. The number of hydrogen-bond donors (Lipinski definition) is 1. The highest BCUT2D eigenvalue weighted by atomic mass is 16.2. The number of nitrogens with one attached hydrogen (secondary N) is 1. The van der Waals surface area contributed by atoms with Gasteiger partial charge in [0, 0.05) is 24.4 Å². The predicted octanol–water partition coefficient (Wildman–Crippen LogP) is 6.41. The molecular formula is C28H44N4O2. The van der Waals surface area contributed by atoms with Crippen LogP contribution < -0.4 is 5.32 Å². The third-order valence-corrected chi connectivity index (χ3v) is 6.05. The van der Waals surface area contributed by atoms with E-state index in [0.717, 1.165) is 61.9 Å². The second kappa shape index (κ2) is 13.3. The Balaban J connectivity index is 2.19. The van der Waals surface area contributed by atoms with E-state index in [-0.39, 0.29) is 23.8 Å². The summed E-state index contributed by atoms with van der Waals surface area (Å²) >= 11 is 0. The van der Waals surface area contributed by atoms with Gasteiger partial charge in [-0.25, -0.2) is 4.68 Å². The van der Waals surface area contributed by atoms with E-state index in [1.807, 2.05) is 41.9 Å². The Morgan fingerprint density at radius 1 is 1.00 bits per heavy atom. The van der Waals surface area contributed by atoms with Crippen LogP contribution in [0.4, 0.5) is 5.82 Å². The first-order valence-electron chi connectivity index (χ1n) is 12.9. The van der Waals surface area contributed by atoms with Gasteiger partial charge in [-0.1, -0.05) is 84.9 Å². The molecule has 0 aliphatic heterocycles. The fraction of sp³-hybridized carbons (Fsp3) is 0.607. The van der Waals surface area contributed by atoms with Gasteiger partial charge in [0.1, 0.15) is 5.82 Å². The van der Waals surface area contributed by atoms with Crippen LogP contribution in [0.25, 0.3) is 5.69 Å². The van der Waals surface area contributed by atoms with Gasteiger partial charge in [-0.2, -0.15) is 5.10 Å². The van der Waals surface area contributed by atoms with E-state index in [0.29, 0.717) is 18.8 Å². The summed E-state index contributed by atoms with van der Waals surface area (Å²) in [5.41, 5.74) is 2.75. The fourth-order valence-electron chi connectivity index (χ4n) is 3.88. The first kappa shape index (κ1) is 27.6. The molecule has 1 heterocycles. The van der Waals surface area contributed by atoms with Crippen LogP contribution in [-0.4, -0.2) is 39.6 Å². The molecule has 34 heavy (non-hydrogen) atoms. The first-order chi connectivity index (χ1) is 16.2. The van der Waals surface area contributed by atoms with Crippen molar-refractivity contribution in [2.24, 2.45) is 0 Å². The van der Waals surface area contributed by atoms with Gasteiger partial charge in [0.05, 0.1) is 17.9 Å². The van der Waals surface area contributed by atoms with Gasteiger partial charge < -0.3 is 10.2 Å². The Morgan fingerprint density at radius 3 is 2.32 bits per heavy atom. The minimum Gasteiger partial charge on any atom is -0.333 e. The van der Waals surface area contributed by atoms with E-state index in [2.05, 4.69) is 39.9 Å². The first-order valence-corrected chi connectivity index (χ1v) is 12.9. The zero-order chi connectivity index (χ0) is 25.1. The highest BCUT2D eigenvalue weighted by Gasteiger charge is 2.23. The number of rotatable bonds is 13. The quantitative estimate of drug-likeness (QED) is 0.346. The molecule has 1 aromatic heterocycles. The van der Waals surface area contributed by atoms with E-state index in [1.54, 1.807) is 4.90 Å². The second-order valence-electron chi connectivity index (χ2n) is 10.2. The van der Waals surface area contributed by atoms with Crippen LogP contribution in [0.1, 0.15) is 97.2 Å². The van der Waals surface area contributed by atoms with Crippen molar-refractivity contribution in [3.63, 3.8) is 0 Å². The molecule has 1 N–H and O–H groups in total. The lowest BCUT2D eigenvalue weighted by Gasteiger charge is -2.22. The molecule has 0 spiro atoms. The van der Waals surface area contributed by atoms with Crippen molar-refractivity contribution in [3.05, 3.63) is 41.6 Å². The van der Waals surface area contributed by atoms with Gasteiger partial charge >= 0.3 is 0 Å². The Bertz CT molecular complexity index is 927. The van der Waals surface area contributed by atoms with Crippen LogP contribution in [0.15, 0.2) is 30.3 Å². The average molecular weight is 469 g/mol. The van der Waals surface area contributed by atoms with Crippen molar-refractivity contribution in [1.29, 1.82) is 0 Å². The van der Waals surface area contributed by atoms with Crippen LogP contribution in [0.2, 0.25) is 0 Å². The SMILES string of the molecule is CCCCCCC(=O)N(CCCCC)CC(=O)Nc1cc(C(C)(C)C)nn1-c1ccccc1C. The van der Waals surface area contributed by atoms with Crippen LogP contribution in [0, 0.1) is 6.92 Å². The summed E-state index contributed by atoms with van der Waals surface area (Å²) in [4.78, 5) is 27.7. The number of carbonyl (C=O) groups is 2. The van der Waals surface area contributed by atoms with E-state index < -0.39 is 0 Å². The molecule has 0 fully saturated rings. The van der Waals surface area contributed by atoms with Gasteiger partial charge in [0.25, 0.3) is 0 Å². The Morgan fingerprint density at radius 2 is 1.68 bits per heavy atom. The van der Waals surface area contributed by atoms with Crippen molar-refractivity contribution in [2.75, 3.05) is 18.4 Å². The van der Waals surface area contributed by atoms with Crippen molar-refractivity contribution in [3.8, 4) is 5.69 Å². The zero-order valence-corrected chi connectivity index (χ0v) is 22.1. The summed E-state index contributed by atoms with van der Waals surface area (Å²) in [7, 11) is 0. The molecular weight excluding hydrogens is 424 g/mol. The highest BCUT2D eigenvalue weighted by molar-refractivity contribution is 5.94. The predicted molar refractivity (Wildman–Crippen MR) is 140 cm³/mol. The number of aromatic nitrogens is 2. The zero-order valence-electron chi connectivity index (χ0n) is 22.1. The molecule has 0 bridgehead atoms. The lowest BCUT2D eigenvalue weighted by molar-refractivity contribution is -0.134. The maximum atomic E-state index is 13.1. The van der Waals surface area contributed by atoms with Gasteiger partial charge in [-0.15, -0.1) is 0 Å². The molecule has 2 amide bonds. The lowest BCUT2D eigenvalue weighted by atomic mass is 9.92. The standard InChI is InChI=1S/C28H44N4O2/c1-7-9-11-12-18-27(34)31(19-15-10-8-2)21-26(33)29-25-20-24(28(4,5)6)30-32(25)23-17-14-13-16-22(23)3/h13-14,16-17,20H,7-12,15,18-19,21H2,1-6H3,(H,29,33). The molecule has 0 radical (unpaired) electrons. The molecule has 0 aliphatic carbocycles. The monoisotopic (exact) mass is 468 g/mol. The molecule has 6 heteroatoms. The van der Waals surface area contributed by atoms with Crippen molar-refractivity contribution >= 4 is 17.6 Å². The summed E-state index contributed by atoms with van der Waals surface area (Å²) in [5, 5.41) is 7.87. The van der Waals surface area contributed by atoms with E-state index >= 15 is 0 Å². The average Bonchev–Trinajstić information content (AvgIpc) is 3.20. The largest absolute Gasteiger partial charge is 0.333 e. The molecule has 0 saturated heterocycles. The molecule has 2 rings (SSSR count). The molecule has 1 aromatic carbocycles. The summed E-state index contributed by atoms with van der Waals surface area (Å²) in [6.07, 6.45) is 7.78. The van der Waals surface area contributed by atoms with E-state index in [9.17, 15) is 9.59 Å². The smallest absolute Gasteiger partial charge is 0.245 e. The van der Waals surface area contributed by atoms with Crippen molar-refractivity contribution in [2.45, 2.75) is 98.3 Å². The number of hydrogen-bond acceptors (Lipinski definition) is 3. The number of para-hydroxylation sites is 1. The molecule has 0 saturated carbocycles. The minimum atomic E-state index is -0.186. The van der Waals surface area contributed by atoms with E-state index in [1.165, 1.54) is 0 Å². The number of benzene rings is 1. The van der Waals surface area contributed by atoms with Gasteiger partial charge in [0.2, 0.25) is 11.8 Å². The van der Waals surface area contributed by atoms with E-state index in [4.69, 9.17) is 5.10 Å².